The van der Waals surface area contributed by atoms with Crippen LogP contribution >= 0.6 is 15.9 Å². The van der Waals surface area contributed by atoms with E-state index in [1.807, 2.05) is 13.8 Å². The number of anilines is 1. The summed E-state index contributed by atoms with van der Waals surface area (Å²) in [5.41, 5.74) is 0.505. The normalized spacial score (nSPS) is 15.4. The van der Waals surface area contributed by atoms with E-state index in [1.165, 1.54) is 30.3 Å². The molecule has 1 aliphatic heterocycles. The summed E-state index contributed by atoms with van der Waals surface area (Å²) in [5.74, 6) is -0.629. The first kappa shape index (κ1) is 21.4. The summed E-state index contributed by atoms with van der Waals surface area (Å²) >= 11 is 3.42. The van der Waals surface area contributed by atoms with E-state index in [9.17, 15) is 19.5 Å². The van der Waals surface area contributed by atoms with Crippen LogP contribution < -0.4 is 19.7 Å². The molecule has 9 heteroatoms. The number of nitrogens with zero attached hydrogens (tertiary/aromatic N) is 1. The fourth-order valence-electron chi connectivity index (χ4n) is 2.88. The van der Waals surface area contributed by atoms with Crippen LogP contribution in [-0.2, 0) is 9.59 Å². The molecule has 30 heavy (non-hydrogen) atoms. The van der Waals surface area contributed by atoms with Gasteiger partial charge in [-0.05, 0) is 77.8 Å². The zero-order valence-corrected chi connectivity index (χ0v) is 17.9. The molecule has 156 valence electrons. The lowest BCUT2D eigenvalue weighted by Gasteiger charge is -2.26. The number of carbonyl (C=O) groups is 3. The van der Waals surface area contributed by atoms with Crippen molar-refractivity contribution in [1.82, 2.24) is 5.32 Å². The molecule has 2 aromatic carbocycles. The number of urea groups is 1. The van der Waals surface area contributed by atoms with Crippen LogP contribution in [0.3, 0.4) is 0 Å². The average Bonchev–Trinajstić information content (AvgIpc) is 2.69. The second-order valence-electron chi connectivity index (χ2n) is 6.17. The molecule has 0 aliphatic carbocycles. The van der Waals surface area contributed by atoms with Crippen LogP contribution in [0, 0.1) is 0 Å². The molecule has 1 saturated heterocycles. The molecule has 4 amide bonds. The number of hydrogen-bond donors (Lipinski definition) is 2. The standard InChI is InChI=1S/C21H19BrN2O6/c1-3-29-17-11-12(10-16(22)18(17)30-4-2)9-15-19(26)23-21(28)24(20(15)27)13-5-7-14(25)8-6-13/h5-11,25H,3-4H2,1-2H3,(H,23,26,28)/b15-9+. The number of benzene rings is 2. The number of barbiturate groups is 1. The molecular formula is C21H19BrN2O6. The number of halogens is 1. The quantitative estimate of drug-likeness (QED) is 0.489. The maximum atomic E-state index is 12.9. The highest BCUT2D eigenvalue weighted by Gasteiger charge is 2.36. The van der Waals surface area contributed by atoms with Crippen LogP contribution in [0.1, 0.15) is 19.4 Å². The summed E-state index contributed by atoms with van der Waals surface area (Å²) in [7, 11) is 0. The number of carbonyl (C=O) groups excluding carboxylic acids is 3. The van der Waals surface area contributed by atoms with Crippen molar-refractivity contribution in [1.29, 1.82) is 0 Å². The molecule has 1 heterocycles. The van der Waals surface area contributed by atoms with Gasteiger partial charge in [0.1, 0.15) is 11.3 Å². The van der Waals surface area contributed by atoms with Crippen molar-refractivity contribution in [3.05, 3.63) is 52.0 Å². The molecule has 3 rings (SSSR count). The first-order valence-electron chi connectivity index (χ1n) is 9.15. The van der Waals surface area contributed by atoms with E-state index in [2.05, 4.69) is 21.2 Å². The zero-order chi connectivity index (χ0) is 21.8. The lowest BCUT2D eigenvalue weighted by Crippen LogP contribution is -2.54. The first-order chi connectivity index (χ1) is 14.3. The minimum Gasteiger partial charge on any atom is -0.508 e. The number of hydrogen-bond acceptors (Lipinski definition) is 6. The minimum atomic E-state index is -0.865. The summed E-state index contributed by atoms with van der Waals surface area (Å²) in [4.78, 5) is 38.4. The van der Waals surface area contributed by atoms with Crippen LogP contribution in [-0.4, -0.2) is 36.2 Å². The summed E-state index contributed by atoms with van der Waals surface area (Å²) in [6.07, 6.45) is 1.38. The lowest BCUT2D eigenvalue weighted by atomic mass is 10.1. The van der Waals surface area contributed by atoms with E-state index in [1.54, 1.807) is 12.1 Å². The van der Waals surface area contributed by atoms with Gasteiger partial charge in [0, 0.05) is 0 Å². The van der Waals surface area contributed by atoms with E-state index in [0.717, 1.165) is 4.90 Å². The number of phenolic OH excluding ortho intramolecular Hbond substituents is 1. The molecule has 0 saturated carbocycles. The van der Waals surface area contributed by atoms with E-state index < -0.39 is 17.8 Å². The Hall–Kier alpha value is -3.33. The molecule has 8 nitrogen and oxygen atoms in total. The summed E-state index contributed by atoms with van der Waals surface area (Å²) in [6, 6.07) is 7.95. The van der Waals surface area contributed by atoms with Crippen LogP contribution in [0.5, 0.6) is 17.2 Å². The van der Waals surface area contributed by atoms with E-state index >= 15 is 0 Å². The van der Waals surface area contributed by atoms with Crippen LogP contribution in [0.25, 0.3) is 6.08 Å². The van der Waals surface area contributed by atoms with Gasteiger partial charge in [0.15, 0.2) is 11.5 Å². The summed E-state index contributed by atoms with van der Waals surface area (Å²) < 4.78 is 11.8. The fourth-order valence-corrected chi connectivity index (χ4v) is 3.45. The van der Waals surface area contributed by atoms with Crippen molar-refractivity contribution in [2.24, 2.45) is 0 Å². The van der Waals surface area contributed by atoms with Gasteiger partial charge in [-0.3, -0.25) is 14.9 Å². The second-order valence-corrected chi connectivity index (χ2v) is 7.02. The number of imide groups is 2. The molecule has 2 aromatic rings. The molecular weight excluding hydrogens is 456 g/mol. The van der Waals surface area contributed by atoms with Crippen molar-refractivity contribution in [3.8, 4) is 17.2 Å². The third-order valence-electron chi connectivity index (χ3n) is 4.14. The Kier molecular flexibility index (Phi) is 6.41. The van der Waals surface area contributed by atoms with Gasteiger partial charge in [0.2, 0.25) is 0 Å². The average molecular weight is 475 g/mol. The largest absolute Gasteiger partial charge is 0.508 e. The number of phenols is 1. The highest BCUT2D eigenvalue weighted by molar-refractivity contribution is 9.10. The Labute approximate surface area is 181 Å². The van der Waals surface area contributed by atoms with Gasteiger partial charge in [0.25, 0.3) is 11.8 Å². The zero-order valence-electron chi connectivity index (χ0n) is 16.3. The van der Waals surface area contributed by atoms with Crippen molar-refractivity contribution < 1.29 is 29.0 Å². The smallest absolute Gasteiger partial charge is 0.335 e. The van der Waals surface area contributed by atoms with E-state index in [4.69, 9.17) is 9.47 Å². The predicted octanol–water partition coefficient (Wildman–Crippen LogP) is 3.62. The summed E-state index contributed by atoms with van der Waals surface area (Å²) in [6.45, 7) is 4.50. The highest BCUT2D eigenvalue weighted by Crippen LogP contribution is 2.37. The van der Waals surface area contributed by atoms with Crippen LogP contribution in [0.2, 0.25) is 0 Å². The number of aromatic hydroxyl groups is 1. The predicted molar refractivity (Wildman–Crippen MR) is 114 cm³/mol. The monoisotopic (exact) mass is 474 g/mol. The fraction of sp³-hybridized carbons (Fsp3) is 0.190. The van der Waals surface area contributed by atoms with E-state index in [0.29, 0.717) is 34.7 Å². The molecule has 2 N–H and O–H groups in total. The van der Waals surface area contributed by atoms with Gasteiger partial charge in [-0.15, -0.1) is 0 Å². The lowest BCUT2D eigenvalue weighted by molar-refractivity contribution is -0.122. The van der Waals surface area contributed by atoms with Gasteiger partial charge in [-0.2, -0.15) is 0 Å². The van der Waals surface area contributed by atoms with Crippen LogP contribution in [0.15, 0.2) is 46.4 Å². The summed E-state index contributed by atoms with van der Waals surface area (Å²) in [5, 5.41) is 11.6. The maximum absolute atomic E-state index is 12.9. The van der Waals surface area contributed by atoms with Crippen molar-refractivity contribution in [3.63, 3.8) is 0 Å². The van der Waals surface area contributed by atoms with Crippen molar-refractivity contribution >= 4 is 45.5 Å². The minimum absolute atomic E-state index is 0.0156. The molecule has 0 unspecified atom stereocenters. The third kappa shape index (κ3) is 4.30. The van der Waals surface area contributed by atoms with Gasteiger partial charge < -0.3 is 14.6 Å². The maximum Gasteiger partial charge on any atom is 0.335 e. The number of ether oxygens (including phenoxy) is 2. The van der Waals surface area contributed by atoms with Crippen LogP contribution in [0.4, 0.5) is 10.5 Å². The highest BCUT2D eigenvalue weighted by atomic mass is 79.9. The SMILES string of the molecule is CCOc1cc(/C=C2\C(=O)NC(=O)N(c3ccc(O)cc3)C2=O)cc(Br)c1OCC. The van der Waals surface area contributed by atoms with Gasteiger partial charge in [-0.25, -0.2) is 9.69 Å². The molecule has 0 spiro atoms. The van der Waals surface area contributed by atoms with Gasteiger partial charge in [0.05, 0.1) is 23.4 Å². The van der Waals surface area contributed by atoms with Gasteiger partial charge in [-0.1, -0.05) is 0 Å². The third-order valence-corrected chi connectivity index (χ3v) is 4.73. The van der Waals surface area contributed by atoms with Crippen molar-refractivity contribution in [2.45, 2.75) is 13.8 Å². The van der Waals surface area contributed by atoms with E-state index in [-0.39, 0.29) is 17.0 Å². The Bertz CT molecular complexity index is 1030. The van der Waals surface area contributed by atoms with Crippen molar-refractivity contribution in [2.75, 3.05) is 18.1 Å². The molecule has 0 radical (unpaired) electrons. The number of rotatable bonds is 6. The molecule has 0 atom stereocenters. The molecule has 0 bridgehead atoms. The Morgan fingerprint density at radius 1 is 1.07 bits per heavy atom. The Morgan fingerprint density at radius 2 is 1.73 bits per heavy atom. The topological polar surface area (TPSA) is 105 Å². The Balaban J connectivity index is 2.03. The number of amides is 4. The number of nitrogens with one attached hydrogen (secondary N) is 1. The first-order valence-corrected chi connectivity index (χ1v) is 9.94. The molecule has 0 aromatic heterocycles. The Morgan fingerprint density at radius 3 is 2.37 bits per heavy atom. The molecule has 1 fully saturated rings. The second kappa shape index (κ2) is 9.00. The van der Waals surface area contributed by atoms with Gasteiger partial charge >= 0.3 is 6.03 Å². The molecule has 1 aliphatic rings.